The van der Waals surface area contributed by atoms with Gasteiger partial charge in [-0.3, -0.25) is 9.59 Å². The lowest BCUT2D eigenvalue weighted by Gasteiger charge is -2.36. The Morgan fingerprint density at radius 3 is 2.88 bits per heavy atom. The first-order chi connectivity index (χ1) is 16.1. The SMILES string of the molecule is Cc1ccn(Cc2ccc3c(c2)OCO3)c(=O)c1C(=O)N1CCCCC1CCn1ccnc1. The Labute approximate surface area is 192 Å². The number of piperidine rings is 1. The molecule has 0 radical (unpaired) electrons. The first kappa shape index (κ1) is 21.3. The average molecular weight is 449 g/mol. The van der Waals surface area contributed by atoms with Crippen LogP contribution in [-0.4, -0.2) is 44.3 Å². The molecule has 2 aliphatic heterocycles. The molecule has 0 N–H and O–H groups in total. The minimum Gasteiger partial charge on any atom is -0.454 e. The molecule has 0 aliphatic carbocycles. The smallest absolute Gasteiger partial charge is 0.263 e. The number of aromatic nitrogens is 3. The highest BCUT2D eigenvalue weighted by molar-refractivity contribution is 5.95. The summed E-state index contributed by atoms with van der Waals surface area (Å²) in [6.45, 7) is 3.89. The van der Waals surface area contributed by atoms with Gasteiger partial charge in [-0.25, -0.2) is 4.98 Å². The number of aryl methyl sites for hydroxylation is 2. The summed E-state index contributed by atoms with van der Waals surface area (Å²) >= 11 is 0. The molecule has 0 spiro atoms. The molecule has 5 rings (SSSR count). The van der Waals surface area contributed by atoms with Crippen molar-refractivity contribution in [1.29, 1.82) is 0 Å². The maximum absolute atomic E-state index is 13.6. The van der Waals surface area contributed by atoms with Crippen molar-refractivity contribution < 1.29 is 14.3 Å². The van der Waals surface area contributed by atoms with E-state index in [2.05, 4.69) is 4.98 Å². The molecule has 33 heavy (non-hydrogen) atoms. The second-order valence-corrected chi connectivity index (χ2v) is 8.73. The van der Waals surface area contributed by atoms with Crippen LogP contribution in [0, 0.1) is 6.92 Å². The van der Waals surface area contributed by atoms with E-state index in [9.17, 15) is 9.59 Å². The Kier molecular flexibility index (Phi) is 5.90. The standard InChI is InChI=1S/C25H28N4O4/c1-18-7-12-28(15-19-5-6-21-22(14-19)33-17-32-21)24(30)23(18)25(31)29-10-3-2-4-20(29)8-11-27-13-9-26-16-27/h5-7,9,12-14,16,20H,2-4,8,10-11,15,17H2,1H3. The van der Waals surface area contributed by atoms with E-state index >= 15 is 0 Å². The summed E-state index contributed by atoms with van der Waals surface area (Å²) in [5.74, 6) is 1.23. The van der Waals surface area contributed by atoms with Gasteiger partial charge in [-0.05, 0) is 61.9 Å². The number of benzene rings is 1. The molecule has 0 saturated carbocycles. The summed E-state index contributed by atoms with van der Waals surface area (Å²) in [5.41, 5.74) is 1.65. The second-order valence-electron chi connectivity index (χ2n) is 8.73. The predicted molar refractivity (Wildman–Crippen MR) is 123 cm³/mol. The van der Waals surface area contributed by atoms with Gasteiger partial charge in [0.05, 0.1) is 12.9 Å². The van der Waals surface area contributed by atoms with Gasteiger partial charge in [0.2, 0.25) is 6.79 Å². The van der Waals surface area contributed by atoms with Crippen molar-refractivity contribution in [3.8, 4) is 11.5 Å². The second kappa shape index (κ2) is 9.13. The Balaban J connectivity index is 1.38. The van der Waals surface area contributed by atoms with Gasteiger partial charge in [0.15, 0.2) is 11.5 Å². The lowest BCUT2D eigenvalue weighted by molar-refractivity contribution is 0.0592. The lowest BCUT2D eigenvalue weighted by atomic mass is 9.97. The van der Waals surface area contributed by atoms with Crippen molar-refractivity contribution in [1.82, 2.24) is 19.0 Å². The Morgan fingerprint density at radius 1 is 1.15 bits per heavy atom. The molecule has 2 aliphatic rings. The third-order valence-corrected chi connectivity index (χ3v) is 6.55. The van der Waals surface area contributed by atoms with Crippen molar-refractivity contribution in [2.45, 2.75) is 51.7 Å². The highest BCUT2D eigenvalue weighted by Crippen LogP contribution is 2.32. The molecule has 1 saturated heterocycles. The average Bonchev–Trinajstić information content (AvgIpc) is 3.51. The number of nitrogens with zero attached hydrogens (tertiary/aromatic N) is 4. The number of likely N-dealkylation sites (tertiary alicyclic amines) is 1. The van der Waals surface area contributed by atoms with E-state index in [4.69, 9.17) is 9.47 Å². The molecule has 4 heterocycles. The van der Waals surface area contributed by atoms with Crippen molar-refractivity contribution in [2.24, 2.45) is 0 Å². The molecular formula is C25H28N4O4. The van der Waals surface area contributed by atoms with Crippen LogP contribution in [0.4, 0.5) is 0 Å². The van der Waals surface area contributed by atoms with Crippen LogP contribution in [0.5, 0.6) is 11.5 Å². The van der Waals surface area contributed by atoms with Gasteiger partial charge in [0.25, 0.3) is 11.5 Å². The molecular weight excluding hydrogens is 420 g/mol. The van der Waals surface area contributed by atoms with Gasteiger partial charge < -0.3 is 23.5 Å². The molecule has 1 atom stereocenters. The molecule has 1 amide bonds. The minimum atomic E-state index is -0.253. The molecule has 3 aromatic rings. The Bertz CT molecular complexity index is 1200. The maximum atomic E-state index is 13.6. The summed E-state index contributed by atoms with van der Waals surface area (Å²) in [6, 6.07) is 7.62. The predicted octanol–water partition coefficient (Wildman–Crippen LogP) is 3.22. The number of hydrogen-bond acceptors (Lipinski definition) is 5. The van der Waals surface area contributed by atoms with Crippen LogP contribution < -0.4 is 15.0 Å². The molecule has 8 heteroatoms. The van der Waals surface area contributed by atoms with Gasteiger partial charge in [0, 0.05) is 37.7 Å². The molecule has 1 aromatic carbocycles. The topological polar surface area (TPSA) is 78.6 Å². The summed E-state index contributed by atoms with van der Waals surface area (Å²) in [4.78, 5) is 33.0. The van der Waals surface area contributed by atoms with E-state index in [1.807, 2.05) is 46.9 Å². The molecule has 0 bridgehead atoms. The molecule has 1 unspecified atom stereocenters. The highest BCUT2D eigenvalue weighted by atomic mass is 16.7. The summed E-state index contributed by atoms with van der Waals surface area (Å²) in [7, 11) is 0. The first-order valence-electron chi connectivity index (χ1n) is 11.5. The van der Waals surface area contributed by atoms with Crippen molar-refractivity contribution in [2.75, 3.05) is 13.3 Å². The van der Waals surface area contributed by atoms with Crippen LogP contribution >= 0.6 is 0 Å². The maximum Gasteiger partial charge on any atom is 0.263 e. The van der Waals surface area contributed by atoms with E-state index in [0.29, 0.717) is 30.2 Å². The number of fused-ring (bicyclic) bond motifs is 1. The highest BCUT2D eigenvalue weighted by Gasteiger charge is 2.30. The number of hydrogen-bond donors (Lipinski definition) is 0. The molecule has 2 aromatic heterocycles. The van der Waals surface area contributed by atoms with Gasteiger partial charge >= 0.3 is 0 Å². The van der Waals surface area contributed by atoms with Crippen molar-refractivity contribution in [3.05, 3.63) is 76.2 Å². The van der Waals surface area contributed by atoms with Gasteiger partial charge in [-0.2, -0.15) is 0 Å². The van der Waals surface area contributed by atoms with Crippen LogP contribution in [-0.2, 0) is 13.1 Å². The molecule has 172 valence electrons. The van der Waals surface area contributed by atoms with Crippen LogP contribution in [0.25, 0.3) is 0 Å². The fourth-order valence-corrected chi connectivity index (χ4v) is 4.71. The van der Waals surface area contributed by atoms with Gasteiger partial charge in [-0.1, -0.05) is 6.07 Å². The van der Waals surface area contributed by atoms with E-state index < -0.39 is 0 Å². The minimum absolute atomic E-state index is 0.120. The summed E-state index contributed by atoms with van der Waals surface area (Å²) in [6.07, 6.45) is 11.1. The molecule has 8 nitrogen and oxygen atoms in total. The summed E-state index contributed by atoms with van der Waals surface area (Å²) in [5, 5.41) is 0. The number of carbonyl (C=O) groups excluding carboxylic acids is 1. The van der Waals surface area contributed by atoms with Crippen LogP contribution in [0.15, 0.2) is 54.0 Å². The number of pyridine rings is 1. The van der Waals surface area contributed by atoms with E-state index in [1.165, 1.54) is 0 Å². The zero-order valence-electron chi connectivity index (χ0n) is 18.8. The van der Waals surface area contributed by atoms with E-state index in [1.54, 1.807) is 23.3 Å². The Hall–Kier alpha value is -3.55. The van der Waals surface area contributed by atoms with E-state index in [0.717, 1.165) is 37.8 Å². The third-order valence-electron chi connectivity index (χ3n) is 6.55. The third kappa shape index (κ3) is 4.37. The van der Waals surface area contributed by atoms with Crippen LogP contribution in [0.2, 0.25) is 0 Å². The molecule has 1 fully saturated rings. The lowest BCUT2D eigenvalue weighted by Crippen LogP contribution is -2.46. The monoisotopic (exact) mass is 448 g/mol. The number of imidazole rings is 1. The number of rotatable bonds is 6. The van der Waals surface area contributed by atoms with Crippen molar-refractivity contribution >= 4 is 5.91 Å². The van der Waals surface area contributed by atoms with Crippen molar-refractivity contribution in [3.63, 3.8) is 0 Å². The zero-order chi connectivity index (χ0) is 22.8. The summed E-state index contributed by atoms with van der Waals surface area (Å²) < 4.78 is 14.5. The number of carbonyl (C=O) groups is 1. The Morgan fingerprint density at radius 2 is 2.03 bits per heavy atom. The van der Waals surface area contributed by atoms with Gasteiger partial charge in [-0.15, -0.1) is 0 Å². The fraction of sp³-hybridized carbons (Fsp3) is 0.400. The van der Waals surface area contributed by atoms with Crippen LogP contribution in [0.3, 0.4) is 0 Å². The number of ether oxygens (including phenoxy) is 2. The normalized spacial score (nSPS) is 17.4. The fourth-order valence-electron chi connectivity index (χ4n) is 4.71. The first-order valence-corrected chi connectivity index (χ1v) is 11.5. The quantitative estimate of drug-likeness (QED) is 0.579. The van der Waals surface area contributed by atoms with E-state index in [-0.39, 0.29) is 29.9 Å². The largest absolute Gasteiger partial charge is 0.454 e. The zero-order valence-corrected chi connectivity index (χ0v) is 18.8. The number of amides is 1. The van der Waals surface area contributed by atoms with Crippen LogP contribution in [0.1, 0.15) is 47.2 Å². The van der Waals surface area contributed by atoms with Gasteiger partial charge in [0.1, 0.15) is 5.56 Å².